The van der Waals surface area contributed by atoms with Crippen LogP contribution in [-0.4, -0.2) is 22.8 Å². The Hall–Kier alpha value is -2.42. The van der Waals surface area contributed by atoms with Gasteiger partial charge in [-0.2, -0.15) is 0 Å². The molecule has 2 rings (SSSR count). The quantitative estimate of drug-likeness (QED) is 0.752. The first kappa shape index (κ1) is 17.9. The highest BCUT2D eigenvalue weighted by atomic mass is 79.9. The lowest BCUT2D eigenvalue weighted by atomic mass is 10.1. The van der Waals surface area contributed by atoms with Crippen molar-refractivity contribution in [1.29, 1.82) is 0 Å². The number of pyridine rings is 1. The van der Waals surface area contributed by atoms with Crippen LogP contribution in [0.3, 0.4) is 0 Å². The number of carbonyl (C=O) groups is 2. The molecular formula is C15H11BrF3N3O2. The standard InChI is InChI=1S/C15H11BrF3N3O2/c16-13-7(2-1-3-21-13)4-11(14(20)23)22-15(24)12-9(18)5-8(17)6-10(12)19/h1-3,5-6,11H,4H2,(H2,20,23)(H,22,24)/t11-/m1/s1. The van der Waals surface area contributed by atoms with Gasteiger partial charge in [-0.05, 0) is 27.6 Å². The van der Waals surface area contributed by atoms with Crippen LogP contribution in [0.15, 0.2) is 35.1 Å². The minimum absolute atomic E-state index is 0.0417. The van der Waals surface area contributed by atoms with E-state index in [4.69, 9.17) is 5.73 Å². The highest BCUT2D eigenvalue weighted by molar-refractivity contribution is 9.10. The number of hydrogen-bond acceptors (Lipinski definition) is 3. The zero-order valence-corrected chi connectivity index (χ0v) is 13.6. The summed E-state index contributed by atoms with van der Waals surface area (Å²) in [5, 5.41) is 2.15. The van der Waals surface area contributed by atoms with Gasteiger partial charge in [0, 0.05) is 24.8 Å². The zero-order valence-electron chi connectivity index (χ0n) is 12.0. The second-order valence-corrected chi connectivity index (χ2v) is 5.58. The van der Waals surface area contributed by atoms with Crippen LogP contribution in [0.4, 0.5) is 13.2 Å². The number of halogens is 4. The van der Waals surface area contributed by atoms with E-state index < -0.39 is 40.9 Å². The Morgan fingerprint density at radius 2 is 1.88 bits per heavy atom. The van der Waals surface area contributed by atoms with Crippen molar-refractivity contribution in [3.05, 3.63) is 63.6 Å². The van der Waals surface area contributed by atoms with Crippen molar-refractivity contribution in [1.82, 2.24) is 10.3 Å². The minimum Gasteiger partial charge on any atom is -0.368 e. The van der Waals surface area contributed by atoms with Gasteiger partial charge >= 0.3 is 0 Å². The summed E-state index contributed by atoms with van der Waals surface area (Å²) < 4.78 is 40.6. The van der Waals surface area contributed by atoms with Crippen molar-refractivity contribution < 1.29 is 22.8 Å². The van der Waals surface area contributed by atoms with Gasteiger partial charge in [-0.25, -0.2) is 18.2 Å². The molecule has 0 unspecified atom stereocenters. The number of benzene rings is 1. The summed E-state index contributed by atoms with van der Waals surface area (Å²) in [6.07, 6.45) is 1.47. The molecule has 0 saturated carbocycles. The molecule has 3 N–H and O–H groups in total. The molecule has 2 amide bonds. The van der Waals surface area contributed by atoms with E-state index in [0.717, 1.165) is 0 Å². The lowest BCUT2D eigenvalue weighted by molar-refractivity contribution is -0.119. The molecule has 0 spiro atoms. The van der Waals surface area contributed by atoms with Gasteiger partial charge in [-0.3, -0.25) is 9.59 Å². The van der Waals surface area contributed by atoms with Crippen LogP contribution in [0.25, 0.3) is 0 Å². The fourth-order valence-corrected chi connectivity index (χ4v) is 2.42. The average Bonchev–Trinajstić information content (AvgIpc) is 2.47. The molecule has 0 aliphatic rings. The highest BCUT2D eigenvalue weighted by Gasteiger charge is 2.25. The second kappa shape index (κ2) is 7.43. The molecule has 0 aliphatic heterocycles. The highest BCUT2D eigenvalue weighted by Crippen LogP contribution is 2.17. The molecule has 0 aliphatic carbocycles. The SMILES string of the molecule is NC(=O)[C@@H](Cc1cccnc1Br)NC(=O)c1c(F)cc(F)cc1F. The van der Waals surface area contributed by atoms with Crippen LogP contribution < -0.4 is 11.1 Å². The molecule has 0 bridgehead atoms. The van der Waals surface area contributed by atoms with E-state index >= 15 is 0 Å². The number of carbonyl (C=O) groups excluding carboxylic acids is 2. The zero-order chi connectivity index (χ0) is 17.9. The number of nitrogens with two attached hydrogens (primary N) is 1. The van der Waals surface area contributed by atoms with Crippen molar-refractivity contribution in [2.45, 2.75) is 12.5 Å². The molecule has 1 atom stereocenters. The number of amides is 2. The van der Waals surface area contributed by atoms with Crippen LogP contribution in [0.5, 0.6) is 0 Å². The van der Waals surface area contributed by atoms with E-state index in [0.29, 0.717) is 22.3 Å². The normalized spacial score (nSPS) is 11.8. The van der Waals surface area contributed by atoms with Crippen LogP contribution in [-0.2, 0) is 11.2 Å². The number of nitrogens with zero attached hydrogens (tertiary/aromatic N) is 1. The van der Waals surface area contributed by atoms with E-state index in [1.165, 1.54) is 6.20 Å². The number of nitrogens with one attached hydrogen (secondary N) is 1. The molecule has 126 valence electrons. The van der Waals surface area contributed by atoms with Gasteiger partial charge in [-0.15, -0.1) is 0 Å². The molecule has 0 fully saturated rings. The number of hydrogen-bond donors (Lipinski definition) is 2. The molecule has 5 nitrogen and oxygen atoms in total. The third-order valence-electron chi connectivity index (χ3n) is 3.14. The van der Waals surface area contributed by atoms with Crippen LogP contribution in [0.2, 0.25) is 0 Å². The van der Waals surface area contributed by atoms with E-state index in [1.54, 1.807) is 12.1 Å². The van der Waals surface area contributed by atoms with Crippen LogP contribution >= 0.6 is 15.9 Å². The molecule has 24 heavy (non-hydrogen) atoms. The first-order valence-corrected chi connectivity index (χ1v) is 7.43. The lowest BCUT2D eigenvalue weighted by Gasteiger charge is -2.16. The van der Waals surface area contributed by atoms with Crippen molar-refractivity contribution in [3.8, 4) is 0 Å². The Balaban J connectivity index is 2.24. The molecule has 0 radical (unpaired) electrons. The molecule has 9 heteroatoms. The van der Waals surface area contributed by atoms with Gasteiger partial charge in [0.15, 0.2) is 0 Å². The Morgan fingerprint density at radius 3 is 2.42 bits per heavy atom. The summed E-state index contributed by atoms with van der Waals surface area (Å²) in [5.74, 6) is -6.03. The third-order valence-corrected chi connectivity index (χ3v) is 3.86. The van der Waals surface area contributed by atoms with E-state index in [-0.39, 0.29) is 6.42 Å². The maximum Gasteiger partial charge on any atom is 0.257 e. The van der Waals surface area contributed by atoms with Crippen molar-refractivity contribution >= 4 is 27.7 Å². The molecule has 1 heterocycles. The molecular weight excluding hydrogens is 391 g/mol. The van der Waals surface area contributed by atoms with Gasteiger partial charge < -0.3 is 11.1 Å². The monoisotopic (exact) mass is 401 g/mol. The summed E-state index contributed by atoms with van der Waals surface area (Å²) in [4.78, 5) is 27.5. The van der Waals surface area contributed by atoms with Crippen molar-refractivity contribution in [2.24, 2.45) is 5.73 Å². The third kappa shape index (κ3) is 4.10. The minimum atomic E-state index is -1.38. The summed E-state index contributed by atoms with van der Waals surface area (Å²) in [6.45, 7) is 0. The number of aromatic nitrogens is 1. The summed E-state index contributed by atoms with van der Waals surface area (Å²) in [7, 11) is 0. The van der Waals surface area contributed by atoms with Gasteiger partial charge in [0.1, 0.15) is 33.7 Å². The average molecular weight is 402 g/mol. The summed E-state index contributed by atoms with van der Waals surface area (Å²) in [5.41, 5.74) is 4.79. The van der Waals surface area contributed by atoms with E-state index in [2.05, 4.69) is 26.2 Å². The lowest BCUT2D eigenvalue weighted by Crippen LogP contribution is -2.46. The second-order valence-electron chi connectivity index (χ2n) is 4.83. The fourth-order valence-electron chi connectivity index (χ4n) is 2.00. The topological polar surface area (TPSA) is 85.1 Å². The predicted octanol–water partition coefficient (Wildman–Crippen LogP) is 2.09. The van der Waals surface area contributed by atoms with Crippen LogP contribution in [0, 0.1) is 17.5 Å². The molecule has 0 saturated heterocycles. The number of primary amides is 1. The smallest absolute Gasteiger partial charge is 0.257 e. The van der Waals surface area contributed by atoms with Gasteiger partial charge in [0.2, 0.25) is 5.91 Å². The Morgan fingerprint density at radius 1 is 1.25 bits per heavy atom. The molecule has 1 aromatic carbocycles. The first-order valence-electron chi connectivity index (χ1n) is 6.63. The Bertz CT molecular complexity index is 778. The first-order chi connectivity index (χ1) is 11.3. The Labute approximate surface area is 143 Å². The summed E-state index contributed by atoms with van der Waals surface area (Å²) in [6, 6.07) is 2.75. The largest absolute Gasteiger partial charge is 0.368 e. The van der Waals surface area contributed by atoms with E-state index in [9.17, 15) is 22.8 Å². The van der Waals surface area contributed by atoms with Gasteiger partial charge in [-0.1, -0.05) is 6.07 Å². The molecule has 2 aromatic rings. The maximum absolute atomic E-state index is 13.6. The van der Waals surface area contributed by atoms with Gasteiger partial charge in [0.05, 0.1) is 0 Å². The van der Waals surface area contributed by atoms with Crippen molar-refractivity contribution in [2.75, 3.05) is 0 Å². The fraction of sp³-hybridized carbons (Fsp3) is 0.133. The Kier molecular flexibility index (Phi) is 5.55. The predicted molar refractivity (Wildman–Crippen MR) is 82.4 cm³/mol. The van der Waals surface area contributed by atoms with Crippen LogP contribution in [0.1, 0.15) is 15.9 Å². The maximum atomic E-state index is 13.6. The van der Waals surface area contributed by atoms with Crippen molar-refractivity contribution in [3.63, 3.8) is 0 Å². The summed E-state index contributed by atoms with van der Waals surface area (Å²) >= 11 is 3.18. The number of rotatable bonds is 5. The van der Waals surface area contributed by atoms with Gasteiger partial charge in [0.25, 0.3) is 5.91 Å². The molecule has 1 aromatic heterocycles. The van der Waals surface area contributed by atoms with E-state index in [1.807, 2.05) is 0 Å².